The van der Waals surface area contributed by atoms with Crippen molar-refractivity contribution in [3.05, 3.63) is 23.0 Å². The molecule has 0 aromatic carbocycles. The second kappa shape index (κ2) is 5.90. The monoisotopic (exact) mass is 215 g/mol. The minimum atomic E-state index is 0.424. The molecule has 0 spiro atoms. The standard InChI is InChI=1S/C9H14ClN3O/c1-13(5-6-14-2)7-8-3-4-9(10)12-11-8/h3-4H,5-7H2,1-2H3. The highest BCUT2D eigenvalue weighted by Crippen LogP contribution is 2.03. The van der Waals surface area contributed by atoms with E-state index in [1.807, 2.05) is 13.1 Å². The molecule has 0 saturated carbocycles. The molecule has 0 aliphatic carbocycles. The summed E-state index contributed by atoms with van der Waals surface area (Å²) in [5.74, 6) is 0. The van der Waals surface area contributed by atoms with Gasteiger partial charge in [-0.1, -0.05) is 11.6 Å². The van der Waals surface area contributed by atoms with E-state index in [1.165, 1.54) is 0 Å². The minimum absolute atomic E-state index is 0.424. The number of methoxy groups -OCH3 is 1. The summed E-state index contributed by atoms with van der Waals surface area (Å²) >= 11 is 5.62. The molecule has 1 rings (SSSR count). The number of halogens is 1. The van der Waals surface area contributed by atoms with Crippen molar-refractivity contribution in [2.45, 2.75) is 6.54 Å². The minimum Gasteiger partial charge on any atom is -0.383 e. The summed E-state index contributed by atoms with van der Waals surface area (Å²) in [6.07, 6.45) is 0. The first-order valence-corrected chi connectivity index (χ1v) is 4.75. The van der Waals surface area contributed by atoms with Crippen molar-refractivity contribution in [3.8, 4) is 0 Å². The van der Waals surface area contributed by atoms with Gasteiger partial charge in [0.05, 0.1) is 12.3 Å². The second-order valence-corrected chi connectivity index (χ2v) is 3.47. The number of likely N-dealkylation sites (N-methyl/N-ethyl adjacent to an activating group) is 1. The van der Waals surface area contributed by atoms with E-state index in [-0.39, 0.29) is 0 Å². The number of rotatable bonds is 5. The van der Waals surface area contributed by atoms with Crippen molar-refractivity contribution in [3.63, 3.8) is 0 Å². The van der Waals surface area contributed by atoms with Crippen LogP contribution >= 0.6 is 11.6 Å². The van der Waals surface area contributed by atoms with Gasteiger partial charge in [0.15, 0.2) is 5.15 Å². The first-order valence-electron chi connectivity index (χ1n) is 4.38. The summed E-state index contributed by atoms with van der Waals surface area (Å²) < 4.78 is 4.97. The molecule has 78 valence electrons. The Labute approximate surface area is 88.8 Å². The average molecular weight is 216 g/mol. The topological polar surface area (TPSA) is 38.2 Å². The molecule has 0 radical (unpaired) electrons. The Hall–Kier alpha value is -0.710. The lowest BCUT2D eigenvalue weighted by Crippen LogP contribution is -2.22. The van der Waals surface area contributed by atoms with Crippen LogP contribution in [-0.4, -0.2) is 42.4 Å². The number of hydrogen-bond donors (Lipinski definition) is 0. The molecule has 0 bridgehead atoms. The van der Waals surface area contributed by atoms with E-state index in [4.69, 9.17) is 16.3 Å². The fourth-order valence-corrected chi connectivity index (χ4v) is 1.13. The lowest BCUT2D eigenvalue weighted by Gasteiger charge is -2.14. The van der Waals surface area contributed by atoms with Crippen LogP contribution in [0, 0.1) is 0 Å². The zero-order chi connectivity index (χ0) is 10.4. The first-order chi connectivity index (χ1) is 6.72. The van der Waals surface area contributed by atoms with E-state index in [1.54, 1.807) is 13.2 Å². The predicted molar refractivity (Wildman–Crippen MR) is 55.3 cm³/mol. The number of hydrogen-bond acceptors (Lipinski definition) is 4. The molecule has 0 N–H and O–H groups in total. The lowest BCUT2D eigenvalue weighted by atomic mass is 10.3. The zero-order valence-corrected chi connectivity index (χ0v) is 9.16. The van der Waals surface area contributed by atoms with Crippen LogP contribution in [0.5, 0.6) is 0 Å². The summed E-state index contributed by atoms with van der Waals surface area (Å²) in [5, 5.41) is 8.16. The smallest absolute Gasteiger partial charge is 0.151 e. The molecule has 0 aliphatic heterocycles. The van der Waals surface area contributed by atoms with Gasteiger partial charge in [-0.25, -0.2) is 0 Å². The van der Waals surface area contributed by atoms with Crippen molar-refractivity contribution >= 4 is 11.6 Å². The quantitative estimate of drug-likeness (QED) is 0.740. The van der Waals surface area contributed by atoms with Crippen LogP contribution in [0.2, 0.25) is 5.15 Å². The Morgan fingerprint density at radius 3 is 2.79 bits per heavy atom. The van der Waals surface area contributed by atoms with Gasteiger partial charge in [-0.2, -0.15) is 5.10 Å². The summed E-state index contributed by atoms with van der Waals surface area (Å²) in [6, 6.07) is 3.62. The second-order valence-electron chi connectivity index (χ2n) is 3.08. The fourth-order valence-electron chi connectivity index (χ4n) is 1.03. The Bertz CT molecular complexity index is 265. The Morgan fingerprint density at radius 2 is 2.21 bits per heavy atom. The van der Waals surface area contributed by atoms with Crippen LogP contribution in [0.1, 0.15) is 5.69 Å². The van der Waals surface area contributed by atoms with Gasteiger partial charge in [-0.3, -0.25) is 4.90 Å². The van der Waals surface area contributed by atoms with Crippen LogP contribution in [-0.2, 0) is 11.3 Å². The van der Waals surface area contributed by atoms with Crippen molar-refractivity contribution in [2.24, 2.45) is 0 Å². The maximum absolute atomic E-state index is 5.62. The number of nitrogens with zero attached hydrogens (tertiary/aromatic N) is 3. The molecular weight excluding hydrogens is 202 g/mol. The third kappa shape index (κ3) is 4.00. The molecule has 5 heteroatoms. The van der Waals surface area contributed by atoms with Gasteiger partial charge in [0, 0.05) is 20.2 Å². The Morgan fingerprint density at radius 1 is 1.43 bits per heavy atom. The van der Waals surface area contributed by atoms with Crippen molar-refractivity contribution in [1.82, 2.24) is 15.1 Å². The predicted octanol–water partition coefficient (Wildman–Crippen LogP) is 1.21. The number of aromatic nitrogens is 2. The Kier molecular flexibility index (Phi) is 4.79. The molecule has 1 aromatic rings. The summed E-state index contributed by atoms with van der Waals surface area (Å²) in [6.45, 7) is 2.35. The molecular formula is C9H14ClN3O. The van der Waals surface area contributed by atoms with Crippen LogP contribution in [0.15, 0.2) is 12.1 Å². The van der Waals surface area contributed by atoms with Crippen LogP contribution in [0.3, 0.4) is 0 Å². The van der Waals surface area contributed by atoms with E-state index in [2.05, 4.69) is 15.1 Å². The maximum atomic E-state index is 5.62. The van der Waals surface area contributed by atoms with Gasteiger partial charge in [-0.15, -0.1) is 5.10 Å². The van der Waals surface area contributed by atoms with E-state index < -0.39 is 0 Å². The fraction of sp³-hybridized carbons (Fsp3) is 0.556. The van der Waals surface area contributed by atoms with Gasteiger partial charge in [0.1, 0.15) is 0 Å². The highest BCUT2D eigenvalue weighted by molar-refractivity contribution is 6.29. The van der Waals surface area contributed by atoms with Crippen LogP contribution < -0.4 is 0 Å². The number of ether oxygens (including phenoxy) is 1. The summed E-state index contributed by atoms with van der Waals surface area (Å²) in [7, 11) is 3.70. The average Bonchev–Trinajstić information content (AvgIpc) is 2.18. The lowest BCUT2D eigenvalue weighted by molar-refractivity contribution is 0.158. The Balaban J connectivity index is 2.39. The SMILES string of the molecule is COCCN(C)Cc1ccc(Cl)nn1. The largest absolute Gasteiger partial charge is 0.383 e. The maximum Gasteiger partial charge on any atom is 0.151 e. The molecule has 4 nitrogen and oxygen atoms in total. The highest BCUT2D eigenvalue weighted by Gasteiger charge is 2.01. The van der Waals surface area contributed by atoms with Crippen LogP contribution in [0.4, 0.5) is 0 Å². The van der Waals surface area contributed by atoms with Crippen molar-refractivity contribution in [2.75, 3.05) is 27.3 Å². The van der Waals surface area contributed by atoms with Gasteiger partial charge in [0.2, 0.25) is 0 Å². The normalized spacial score (nSPS) is 10.9. The van der Waals surface area contributed by atoms with Gasteiger partial charge >= 0.3 is 0 Å². The molecule has 0 unspecified atom stereocenters. The van der Waals surface area contributed by atoms with Gasteiger partial charge in [-0.05, 0) is 19.2 Å². The molecule has 1 aromatic heterocycles. The van der Waals surface area contributed by atoms with Crippen molar-refractivity contribution in [1.29, 1.82) is 0 Å². The van der Waals surface area contributed by atoms with Gasteiger partial charge in [0.25, 0.3) is 0 Å². The van der Waals surface area contributed by atoms with Crippen molar-refractivity contribution < 1.29 is 4.74 Å². The highest BCUT2D eigenvalue weighted by atomic mass is 35.5. The van der Waals surface area contributed by atoms with Gasteiger partial charge < -0.3 is 4.74 Å². The first kappa shape index (κ1) is 11.4. The molecule has 0 aliphatic rings. The molecule has 0 amide bonds. The molecule has 0 atom stereocenters. The summed E-state index contributed by atoms with van der Waals surface area (Å²) in [5.41, 5.74) is 0.910. The van der Waals surface area contributed by atoms with E-state index in [0.717, 1.165) is 25.4 Å². The third-order valence-electron chi connectivity index (χ3n) is 1.80. The van der Waals surface area contributed by atoms with Crippen LogP contribution in [0.25, 0.3) is 0 Å². The molecule has 0 saturated heterocycles. The molecule has 1 heterocycles. The van der Waals surface area contributed by atoms with E-state index >= 15 is 0 Å². The summed E-state index contributed by atoms with van der Waals surface area (Å²) in [4.78, 5) is 2.11. The molecule has 14 heavy (non-hydrogen) atoms. The zero-order valence-electron chi connectivity index (χ0n) is 8.40. The van der Waals surface area contributed by atoms with E-state index in [0.29, 0.717) is 5.15 Å². The third-order valence-corrected chi connectivity index (χ3v) is 2.00. The molecule has 0 fully saturated rings. The van der Waals surface area contributed by atoms with E-state index in [9.17, 15) is 0 Å².